The summed E-state index contributed by atoms with van der Waals surface area (Å²) in [5, 5.41) is 2.79. The van der Waals surface area contributed by atoms with Crippen LogP contribution in [0.25, 0.3) is 0 Å². The van der Waals surface area contributed by atoms with Gasteiger partial charge in [-0.3, -0.25) is 9.59 Å². The van der Waals surface area contributed by atoms with Gasteiger partial charge in [-0.05, 0) is 5.56 Å². The molecule has 1 saturated heterocycles. The fourth-order valence-corrected chi connectivity index (χ4v) is 2.95. The second kappa shape index (κ2) is 7.03. The molecule has 3 N–H and O–H groups in total. The summed E-state index contributed by atoms with van der Waals surface area (Å²) in [6.07, 6.45) is 4.80. The van der Waals surface area contributed by atoms with Gasteiger partial charge in [-0.25, -0.2) is 0 Å². The van der Waals surface area contributed by atoms with E-state index in [1.807, 2.05) is 37.3 Å². The Bertz CT molecular complexity index is 603. The predicted molar refractivity (Wildman–Crippen MR) is 77.6 cm³/mol. The molecule has 0 aliphatic carbocycles. The van der Waals surface area contributed by atoms with Gasteiger partial charge in [-0.2, -0.15) is 12.1 Å². The Morgan fingerprint density at radius 3 is 2.77 bits per heavy atom. The molecule has 6 heteroatoms. The number of hydrogen-bond acceptors (Lipinski definition) is 3. The van der Waals surface area contributed by atoms with Crippen LogP contribution in [0.3, 0.4) is 0 Å². The molecule has 0 spiro atoms. The van der Waals surface area contributed by atoms with Crippen LogP contribution >= 0.6 is 0 Å². The van der Waals surface area contributed by atoms with E-state index >= 15 is 0 Å². The van der Waals surface area contributed by atoms with E-state index in [-0.39, 0.29) is 50.6 Å². The summed E-state index contributed by atoms with van der Waals surface area (Å²) in [6.45, 7) is 1.87. The molecular weight excluding hydrogens is 355 g/mol. The first kappa shape index (κ1) is 17.3. The average Bonchev–Trinajstić information content (AvgIpc) is 2.51. The number of β-lactam (4-membered cyclic amide) rings is 1. The first-order valence-electron chi connectivity index (χ1n) is 7.11. The molecule has 1 fully saturated rings. The monoisotopic (exact) mass is 373 g/mol. The van der Waals surface area contributed by atoms with Gasteiger partial charge in [0.2, 0.25) is 11.8 Å². The van der Waals surface area contributed by atoms with Crippen molar-refractivity contribution in [2.24, 2.45) is 5.73 Å². The number of carbonyl (C=O) groups is 2. The smallest absolute Gasteiger partial charge is 0.249 e. The van der Waals surface area contributed by atoms with Gasteiger partial charge >= 0.3 is 0 Å². The van der Waals surface area contributed by atoms with Gasteiger partial charge in [0.05, 0.1) is 6.04 Å². The van der Waals surface area contributed by atoms with Crippen molar-refractivity contribution >= 4 is 11.8 Å². The number of allylic oxidation sites excluding steroid dienone is 2. The number of rotatable bonds is 3. The number of hydrogen-bond donors (Lipinski definition) is 2. The minimum atomic E-state index is -0.750. The molecule has 5 nitrogen and oxygen atoms in total. The van der Waals surface area contributed by atoms with Crippen LogP contribution < -0.4 is 11.1 Å². The van der Waals surface area contributed by atoms with Crippen LogP contribution in [-0.2, 0) is 42.3 Å². The van der Waals surface area contributed by atoms with Crippen LogP contribution in [0.2, 0.25) is 0 Å². The normalized spacial score (nSPS) is 24.4. The summed E-state index contributed by atoms with van der Waals surface area (Å²) in [6, 6.07) is 8.00. The summed E-state index contributed by atoms with van der Waals surface area (Å²) in [4.78, 5) is 26.0. The van der Waals surface area contributed by atoms with Gasteiger partial charge in [0, 0.05) is 32.7 Å². The van der Waals surface area contributed by atoms with Crippen LogP contribution in [0.4, 0.5) is 0 Å². The number of fused-ring (bicyclic) bond motifs is 1. The average molecular weight is 373 g/mol. The van der Waals surface area contributed by atoms with Gasteiger partial charge in [0.1, 0.15) is 12.1 Å². The van der Waals surface area contributed by atoms with E-state index in [4.69, 9.17) is 5.73 Å². The number of carbonyl (C=O) groups excluding carboxylic acids is 2. The van der Waals surface area contributed by atoms with Crippen molar-refractivity contribution in [2.45, 2.75) is 37.9 Å². The molecule has 0 bridgehead atoms. The van der Waals surface area contributed by atoms with E-state index in [1.165, 1.54) is 0 Å². The standard InChI is InChI=1S/C16H18N3O2.Y/c1-10-6-5-9-12-14(16(21)19(10)12)18-15(20)13(17)11-7-3-2-4-8-11;/h2-4,7-8,12-14H,5,9,17H2,1H3,(H,18,20);/q-1;. The van der Waals surface area contributed by atoms with E-state index < -0.39 is 12.1 Å². The third-order valence-corrected chi connectivity index (χ3v) is 4.14. The third kappa shape index (κ3) is 3.03. The second-order valence-corrected chi connectivity index (χ2v) is 5.45. The fraction of sp³-hybridized carbons (Fsp3) is 0.375. The molecule has 22 heavy (non-hydrogen) atoms. The first-order valence-corrected chi connectivity index (χ1v) is 7.11. The van der Waals surface area contributed by atoms with Crippen molar-refractivity contribution in [3.8, 4) is 0 Å². The van der Waals surface area contributed by atoms with Crippen LogP contribution in [0.5, 0.6) is 0 Å². The van der Waals surface area contributed by atoms with Gasteiger partial charge in [-0.1, -0.05) is 43.7 Å². The zero-order valence-corrected chi connectivity index (χ0v) is 15.3. The van der Waals surface area contributed by atoms with Crippen molar-refractivity contribution < 1.29 is 42.3 Å². The maximum atomic E-state index is 12.2. The van der Waals surface area contributed by atoms with Crippen molar-refractivity contribution in [3.05, 3.63) is 47.7 Å². The molecule has 113 valence electrons. The topological polar surface area (TPSA) is 75.4 Å². The minimum absolute atomic E-state index is 0. The van der Waals surface area contributed by atoms with E-state index in [2.05, 4.69) is 11.4 Å². The molecule has 1 aromatic carbocycles. The Morgan fingerprint density at radius 1 is 1.41 bits per heavy atom. The molecule has 0 saturated carbocycles. The van der Waals surface area contributed by atoms with Crippen molar-refractivity contribution in [3.63, 3.8) is 0 Å². The zero-order valence-electron chi connectivity index (χ0n) is 12.5. The molecule has 3 rings (SSSR count). The molecule has 0 aromatic heterocycles. The largest absolute Gasteiger partial charge is 0.476 e. The van der Waals surface area contributed by atoms with E-state index in [9.17, 15) is 9.59 Å². The van der Waals surface area contributed by atoms with Crippen molar-refractivity contribution in [1.29, 1.82) is 0 Å². The summed E-state index contributed by atoms with van der Waals surface area (Å²) >= 11 is 0. The Kier molecular flexibility index (Phi) is 5.53. The van der Waals surface area contributed by atoms with Crippen molar-refractivity contribution in [2.75, 3.05) is 0 Å². The quantitative estimate of drug-likeness (QED) is 0.610. The van der Waals surface area contributed by atoms with Crippen LogP contribution in [0.1, 0.15) is 31.4 Å². The number of nitrogens with one attached hydrogen (secondary N) is 1. The summed E-state index contributed by atoms with van der Waals surface area (Å²) < 4.78 is 0. The number of nitrogens with two attached hydrogens (primary N) is 1. The molecule has 1 radical (unpaired) electrons. The van der Waals surface area contributed by atoms with Crippen molar-refractivity contribution in [1.82, 2.24) is 10.2 Å². The molecule has 2 heterocycles. The van der Waals surface area contributed by atoms with Gasteiger partial charge in [0.25, 0.3) is 0 Å². The summed E-state index contributed by atoms with van der Waals surface area (Å²) in [7, 11) is 0. The van der Waals surface area contributed by atoms with E-state index in [0.717, 1.165) is 24.1 Å². The third-order valence-electron chi connectivity index (χ3n) is 4.14. The van der Waals surface area contributed by atoms with Crippen LogP contribution in [0.15, 0.2) is 36.0 Å². The molecule has 2 aliphatic heterocycles. The molecular formula is C16H18N3O2Y-. The molecule has 1 aromatic rings. The zero-order chi connectivity index (χ0) is 15.0. The fourth-order valence-electron chi connectivity index (χ4n) is 2.95. The molecule has 3 unspecified atom stereocenters. The molecule has 3 atom stereocenters. The van der Waals surface area contributed by atoms with Gasteiger partial charge in [0.15, 0.2) is 0 Å². The van der Waals surface area contributed by atoms with E-state index in [1.54, 1.807) is 4.90 Å². The predicted octanol–water partition coefficient (Wildman–Crippen LogP) is 0.880. The Balaban J connectivity index is 0.00000176. The van der Waals surface area contributed by atoms with Crippen LogP contribution in [-0.4, -0.2) is 28.8 Å². The van der Waals surface area contributed by atoms with E-state index in [0.29, 0.717) is 0 Å². The summed E-state index contributed by atoms with van der Waals surface area (Å²) in [5.74, 6) is -0.381. The number of nitrogens with zero attached hydrogens (tertiary/aromatic N) is 1. The Morgan fingerprint density at radius 2 is 2.09 bits per heavy atom. The van der Waals surface area contributed by atoms with Crippen LogP contribution in [0, 0.1) is 6.08 Å². The molecule has 2 aliphatic rings. The number of amides is 2. The minimum Gasteiger partial charge on any atom is -0.476 e. The maximum absolute atomic E-state index is 12.2. The first-order chi connectivity index (χ1) is 10.1. The maximum Gasteiger partial charge on any atom is 0.249 e. The Labute approximate surface area is 155 Å². The second-order valence-electron chi connectivity index (χ2n) is 5.45. The summed E-state index contributed by atoms with van der Waals surface area (Å²) in [5.41, 5.74) is 7.55. The molecule has 2 amide bonds. The van der Waals surface area contributed by atoms with Gasteiger partial charge < -0.3 is 22.0 Å². The SMILES string of the molecule is CC1=[C-]CCC2C(NC(=O)C(N)c3ccccc3)C(=O)N12.[Y]. The Hall–Kier alpha value is -1.04. The number of benzene rings is 1. The van der Waals surface area contributed by atoms with Gasteiger partial charge in [-0.15, -0.1) is 0 Å².